The fraction of sp³-hybridized carbons (Fsp3) is 0.353. The summed E-state index contributed by atoms with van der Waals surface area (Å²) in [5, 5.41) is 13.5. The lowest BCUT2D eigenvalue weighted by molar-refractivity contribution is 0.126. The molecule has 0 bridgehead atoms. The zero-order valence-corrected chi connectivity index (χ0v) is 13.8. The predicted molar refractivity (Wildman–Crippen MR) is 94.0 cm³/mol. The molecule has 3 aromatic rings. The number of hydrogen-bond acceptors (Lipinski definition) is 5. The van der Waals surface area contributed by atoms with Crippen molar-refractivity contribution >= 4 is 28.6 Å². The highest BCUT2D eigenvalue weighted by molar-refractivity contribution is 6.29. The summed E-state index contributed by atoms with van der Waals surface area (Å²) in [5.74, 6) is 0.747. The van der Waals surface area contributed by atoms with Gasteiger partial charge in [0.05, 0.1) is 6.10 Å². The topological polar surface area (TPSA) is 86.7 Å². The average Bonchev–Trinajstić information content (AvgIpc) is 3.01. The number of aromatic amines is 1. The number of nitrogens with zero attached hydrogens (tertiary/aromatic N) is 3. The molecule has 0 unspecified atom stereocenters. The van der Waals surface area contributed by atoms with E-state index in [9.17, 15) is 5.11 Å². The van der Waals surface area contributed by atoms with Crippen LogP contribution < -0.4 is 5.32 Å². The molecule has 4 rings (SSSR count). The van der Waals surface area contributed by atoms with Crippen LogP contribution in [0.3, 0.4) is 0 Å². The molecule has 3 heterocycles. The summed E-state index contributed by atoms with van der Waals surface area (Å²) in [4.78, 5) is 16.2. The average molecular weight is 344 g/mol. The molecule has 3 aromatic heterocycles. The number of anilines is 1. The standard InChI is InChI=1S/C17H18ClN5O/c18-14-7-10(13-9-21-17-16(13)19-5-6-20-17)8-15(23-14)22-11-1-3-12(24)4-2-11/h5-9,11-12,24H,1-4H2,(H,20,21)(H,22,23)/t11-,12-. The van der Waals surface area contributed by atoms with Crippen LogP contribution in [0.25, 0.3) is 22.3 Å². The molecule has 0 atom stereocenters. The van der Waals surface area contributed by atoms with Gasteiger partial charge in [0, 0.05) is 30.2 Å². The number of fused-ring (bicyclic) bond motifs is 1. The molecule has 0 saturated heterocycles. The van der Waals surface area contributed by atoms with Crippen molar-refractivity contribution in [3.63, 3.8) is 0 Å². The number of H-pyrrole nitrogens is 1. The van der Waals surface area contributed by atoms with Crippen LogP contribution >= 0.6 is 11.6 Å². The van der Waals surface area contributed by atoms with Crippen molar-refractivity contribution in [2.75, 3.05) is 5.32 Å². The summed E-state index contributed by atoms with van der Waals surface area (Å²) < 4.78 is 0. The molecule has 1 aliphatic rings. The molecule has 1 saturated carbocycles. The zero-order chi connectivity index (χ0) is 16.5. The first-order valence-electron chi connectivity index (χ1n) is 8.10. The summed E-state index contributed by atoms with van der Waals surface area (Å²) in [5.41, 5.74) is 3.45. The maximum absolute atomic E-state index is 9.63. The van der Waals surface area contributed by atoms with E-state index in [0.717, 1.165) is 53.8 Å². The number of aromatic nitrogens is 4. The molecule has 1 fully saturated rings. The van der Waals surface area contributed by atoms with Gasteiger partial charge in [-0.25, -0.2) is 9.97 Å². The third-order valence-electron chi connectivity index (χ3n) is 4.46. The maximum atomic E-state index is 9.63. The van der Waals surface area contributed by atoms with E-state index < -0.39 is 0 Å². The molecular weight excluding hydrogens is 326 g/mol. The normalized spacial score (nSPS) is 21.1. The van der Waals surface area contributed by atoms with Gasteiger partial charge in [0.2, 0.25) is 0 Å². The van der Waals surface area contributed by atoms with Gasteiger partial charge in [0.25, 0.3) is 0 Å². The first kappa shape index (κ1) is 15.4. The van der Waals surface area contributed by atoms with E-state index in [0.29, 0.717) is 11.2 Å². The molecule has 0 amide bonds. The van der Waals surface area contributed by atoms with Gasteiger partial charge in [-0.05, 0) is 43.4 Å². The van der Waals surface area contributed by atoms with Crippen LogP contribution in [0.1, 0.15) is 25.7 Å². The Morgan fingerprint density at radius 3 is 2.75 bits per heavy atom. The van der Waals surface area contributed by atoms with Crippen molar-refractivity contribution < 1.29 is 5.11 Å². The molecule has 1 aliphatic carbocycles. The Balaban J connectivity index is 1.64. The Morgan fingerprint density at radius 2 is 1.92 bits per heavy atom. The zero-order valence-electron chi connectivity index (χ0n) is 13.0. The smallest absolute Gasteiger partial charge is 0.156 e. The minimum absolute atomic E-state index is 0.171. The van der Waals surface area contributed by atoms with E-state index in [1.54, 1.807) is 12.4 Å². The van der Waals surface area contributed by atoms with Crippen LogP contribution in [-0.4, -0.2) is 37.2 Å². The summed E-state index contributed by atoms with van der Waals surface area (Å²) in [6.45, 7) is 0. The lowest BCUT2D eigenvalue weighted by Gasteiger charge is -2.26. The number of rotatable bonds is 3. The lowest BCUT2D eigenvalue weighted by Crippen LogP contribution is -2.28. The van der Waals surface area contributed by atoms with Crippen molar-refractivity contribution in [1.29, 1.82) is 0 Å². The van der Waals surface area contributed by atoms with E-state index in [1.165, 1.54) is 0 Å². The molecule has 0 radical (unpaired) electrons. The Kier molecular flexibility index (Phi) is 4.08. The third-order valence-corrected chi connectivity index (χ3v) is 4.65. The van der Waals surface area contributed by atoms with Gasteiger partial charge in [0.15, 0.2) is 5.65 Å². The maximum Gasteiger partial charge on any atom is 0.156 e. The third kappa shape index (κ3) is 3.07. The largest absolute Gasteiger partial charge is 0.393 e. The second-order valence-electron chi connectivity index (χ2n) is 6.17. The number of aliphatic hydroxyl groups excluding tert-OH is 1. The Labute approximate surface area is 144 Å². The number of nitrogens with one attached hydrogen (secondary N) is 2. The van der Waals surface area contributed by atoms with Gasteiger partial charge in [-0.1, -0.05) is 11.6 Å². The molecule has 0 aromatic carbocycles. The molecular formula is C17H18ClN5O. The summed E-state index contributed by atoms with van der Waals surface area (Å²) in [6, 6.07) is 4.12. The summed E-state index contributed by atoms with van der Waals surface area (Å²) in [6.07, 6.45) is 8.56. The minimum Gasteiger partial charge on any atom is -0.393 e. The van der Waals surface area contributed by atoms with E-state index >= 15 is 0 Å². The van der Waals surface area contributed by atoms with Crippen LogP contribution in [0.5, 0.6) is 0 Å². The molecule has 124 valence electrons. The van der Waals surface area contributed by atoms with Gasteiger partial charge in [0.1, 0.15) is 16.5 Å². The van der Waals surface area contributed by atoms with Crippen molar-refractivity contribution in [1.82, 2.24) is 19.9 Å². The predicted octanol–water partition coefficient (Wildman–Crippen LogP) is 3.39. The fourth-order valence-electron chi connectivity index (χ4n) is 3.23. The van der Waals surface area contributed by atoms with Crippen molar-refractivity contribution in [3.8, 4) is 11.1 Å². The quantitative estimate of drug-likeness (QED) is 0.634. The Hall–Kier alpha value is -2.18. The number of pyridine rings is 1. The molecule has 3 N–H and O–H groups in total. The summed E-state index contributed by atoms with van der Waals surface area (Å²) >= 11 is 6.22. The van der Waals surface area contributed by atoms with Crippen LogP contribution in [0.4, 0.5) is 5.82 Å². The van der Waals surface area contributed by atoms with E-state index in [4.69, 9.17) is 11.6 Å². The molecule has 6 nitrogen and oxygen atoms in total. The van der Waals surface area contributed by atoms with Gasteiger partial charge in [-0.15, -0.1) is 0 Å². The number of hydrogen-bond donors (Lipinski definition) is 3. The molecule has 0 spiro atoms. The van der Waals surface area contributed by atoms with Crippen LogP contribution in [0, 0.1) is 0 Å². The minimum atomic E-state index is -0.171. The number of aliphatic hydroxyl groups is 1. The monoisotopic (exact) mass is 343 g/mol. The molecule has 7 heteroatoms. The Morgan fingerprint density at radius 1 is 1.12 bits per heavy atom. The first-order valence-corrected chi connectivity index (χ1v) is 8.47. The Bertz CT molecular complexity index is 857. The van der Waals surface area contributed by atoms with Gasteiger partial charge in [-0.3, -0.25) is 4.98 Å². The van der Waals surface area contributed by atoms with Crippen LogP contribution in [0.2, 0.25) is 5.15 Å². The van der Waals surface area contributed by atoms with E-state index in [2.05, 4.69) is 25.3 Å². The highest BCUT2D eigenvalue weighted by Crippen LogP contribution is 2.30. The first-order chi connectivity index (χ1) is 11.7. The van der Waals surface area contributed by atoms with Crippen molar-refractivity contribution in [2.24, 2.45) is 0 Å². The van der Waals surface area contributed by atoms with Crippen molar-refractivity contribution in [2.45, 2.75) is 37.8 Å². The number of halogens is 1. The van der Waals surface area contributed by atoms with E-state index in [-0.39, 0.29) is 6.10 Å². The van der Waals surface area contributed by atoms with Gasteiger partial charge >= 0.3 is 0 Å². The second kappa shape index (κ2) is 6.37. The van der Waals surface area contributed by atoms with Crippen LogP contribution in [0.15, 0.2) is 30.7 Å². The van der Waals surface area contributed by atoms with Gasteiger partial charge < -0.3 is 15.4 Å². The fourth-order valence-corrected chi connectivity index (χ4v) is 3.43. The highest BCUT2D eigenvalue weighted by atomic mass is 35.5. The summed E-state index contributed by atoms with van der Waals surface area (Å²) in [7, 11) is 0. The molecule has 24 heavy (non-hydrogen) atoms. The van der Waals surface area contributed by atoms with Crippen LogP contribution in [-0.2, 0) is 0 Å². The molecule has 0 aliphatic heterocycles. The highest BCUT2D eigenvalue weighted by Gasteiger charge is 2.20. The van der Waals surface area contributed by atoms with Crippen molar-refractivity contribution in [3.05, 3.63) is 35.9 Å². The van der Waals surface area contributed by atoms with E-state index in [1.807, 2.05) is 18.3 Å². The van der Waals surface area contributed by atoms with Gasteiger partial charge in [-0.2, -0.15) is 0 Å². The lowest BCUT2D eigenvalue weighted by atomic mass is 9.93. The SMILES string of the molecule is O[C@H]1CC[C@H](Nc2cc(-c3c[nH]c4nccnc34)cc(Cl)n2)CC1. The second-order valence-corrected chi connectivity index (χ2v) is 6.56.